The van der Waals surface area contributed by atoms with Crippen molar-refractivity contribution >= 4 is 22.9 Å². The molecule has 104 valence electrons. The Hall–Kier alpha value is -2.67. The van der Waals surface area contributed by atoms with Gasteiger partial charge in [0.1, 0.15) is 0 Å². The van der Waals surface area contributed by atoms with E-state index in [4.69, 9.17) is 0 Å². The highest BCUT2D eigenvalue weighted by Crippen LogP contribution is 2.25. The number of aromatic nitrogens is 4. The third kappa shape index (κ3) is 2.92. The van der Waals surface area contributed by atoms with Gasteiger partial charge in [0.05, 0.1) is 0 Å². The van der Waals surface area contributed by atoms with Crippen LogP contribution < -0.4 is 0 Å². The van der Waals surface area contributed by atoms with Crippen molar-refractivity contribution in [2.75, 3.05) is 0 Å². The summed E-state index contributed by atoms with van der Waals surface area (Å²) < 4.78 is 0. The van der Waals surface area contributed by atoms with Gasteiger partial charge in [0.15, 0.2) is 0 Å². The maximum atomic E-state index is 11.9. The van der Waals surface area contributed by atoms with E-state index < -0.39 is 11.6 Å². The predicted molar refractivity (Wildman–Crippen MR) is 77.0 cm³/mol. The van der Waals surface area contributed by atoms with E-state index in [1.54, 1.807) is 0 Å². The van der Waals surface area contributed by atoms with E-state index in [9.17, 15) is 9.59 Å². The number of aromatic amines is 1. The Bertz CT molecular complexity index is 765. The second-order valence-electron chi connectivity index (χ2n) is 4.33. The first-order valence-electron chi connectivity index (χ1n) is 6.18. The number of rotatable bonds is 5. The number of nitrogens with one attached hydrogen (secondary N) is 1. The molecule has 1 N–H and O–H groups in total. The molecule has 0 spiro atoms. The molecule has 7 heteroatoms. The highest BCUT2D eigenvalue weighted by atomic mass is 32.1. The molecule has 0 amide bonds. The number of hydrogen-bond donors (Lipinski definition) is 1. The van der Waals surface area contributed by atoms with Crippen molar-refractivity contribution in [3.63, 3.8) is 0 Å². The van der Waals surface area contributed by atoms with Gasteiger partial charge in [-0.2, -0.15) is 5.21 Å². The molecule has 3 rings (SSSR count). The van der Waals surface area contributed by atoms with Gasteiger partial charge in [-0.05, 0) is 27.8 Å². The lowest BCUT2D eigenvalue weighted by molar-refractivity contribution is -0.114. The van der Waals surface area contributed by atoms with E-state index in [2.05, 4.69) is 20.6 Å². The Kier molecular flexibility index (Phi) is 3.65. The monoisotopic (exact) mass is 298 g/mol. The molecule has 0 radical (unpaired) electrons. The molecule has 0 aliphatic heterocycles. The first-order valence-corrected chi connectivity index (χ1v) is 7.06. The van der Waals surface area contributed by atoms with Crippen LogP contribution in [0.5, 0.6) is 0 Å². The average molecular weight is 298 g/mol. The smallest absolute Gasteiger partial charge is 0.269 e. The van der Waals surface area contributed by atoms with Gasteiger partial charge in [-0.3, -0.25) is 9.59 Å². The zero-order valence-corrected chi connectivity index (χ0v) is 11.6. The molecule has 0 fully saturated rings. The third-order valence-electron chi connectivity index (χ3n) is 2.90. The molecule has 21 heavy (non-hydrogen) atoms. The Morgan fingerprint density at radius 1 is 1.14 bits per heavy atom. The fourth-order valence-electron chi connectivity index (χ4n) is 1.88. The van der Waals surface area contributed by atoms with Crippen molar-refractivity contribution in [3.8, 4) is 11.1 Å². The van der Waals surface area contributed by atoms with Gasteiger partial charge >= 0.3 is 0 Å². The summed E-state index contributed by atoms with van der Waals surface area (Å²) in [6, 6.07) is 11.8. The van der Waals surface area contributed by atoms with E-state index >= 15 is 0 Å². The predicted octanol–water partition coefficient (Wildman–Crippen LogP) is 1.92. The van der Waals surface area contributed by atoms with Crippen LogP contribution in [0, 0.1) is 0 Å². The van der Waals surface area contributed by atoms with Crippen LogP contribution >= 0.6 is 11.3 Å². The minimum Gasteiger partial charge on any atom is -0.290 e. The van der Waals surface area contributed by atoms with Gasteiger partial charge in [0.2, 0.25) is 11.6 Å². The molecule has 2 aromatic heterocycles. The number of tetrazole rings is 1. The maximum absolute atomic E-state index is 11.9. The van der Waals surface area contributed by atoms with E-state index in [0.717, 1.165) is 16.0 Å². The van der Waals surface area contributed by atoms with Crippen molar-refractivity contribution in [2.45, 2.75) is 6.42 Å². The summed E-state index contributed by atoms with van der Waals surface area (Å²) in [7, 11) is 0. The summed E-state index contributed by atoms with van der Waals surface area (Å²) in [5, 5.41) is 14.4. The second kappa shape index (κ2) is 5.76. The lowest BCUT2D eigenvalue weighted by atomic mass is 10.1. The number of carbonyl (C=O) groups is 2. The number of Topliss-reactive ketones (excluding diaryl/α,β-unsaturated/α-hetero) is 2. The van der Waals surface area contributed by atoms with Crippen LogP contribution in [0.3, 0.4) is 0 Å². The van der Waals surface area contributed by atoms with Crippen LogP contribution in [0.4, 0.5) is 0 Å². The largest absolute Gasteiger partial charge is 0.290 e. The number of nitrogens with zero attached hydrogens (tertiary/aromatic N) is 3. The number of ketones is 2. The molecule has 0 bridgehead atoms. The first-order chi connectivity index (χ1) is 10.2. The molecule has 0 saturated carbocycles. The molecule has 3 aromatic rings. The average Bonchev–Trinajstić information content (AvgIpc) is 3.19. The Morgan fingerprint density at radius 2 is 1.95 bits per heavy atom. The maximum Gasteiger partial charge on any atom is 0.269 e. The first kappa shape index (κ1) is 13.3. The molecular formula is C14H10N4O2S. The van der Waals surface area contributed by atoms with Gasteiger partial charge in [-0.15, -0.1) is 21.5 Å². The minimum absolute atomic E-state index is 0.0465. The SMILES string of the molecule is O=C(Cc1cc(-c2ccccc2)cs1)C(=O)c1nn[nH]n1. The van der Waals surface area contributed by atoms with Crippen LogP contribution in [0.25, 0.3) is 11.1 Å². The van der Waals surface area contributed by atoms with E-state index in [0.29, 0.717) is 0 Å². The number of thiophene rings is 1. The zero-order chi connectivity index (χ0) is 14.7. The van der Waals surface area contributed by atoms with Crippen molar-refractivity contribution < 1.29 is 9.59 Å². The summed E-state index contributed by atoms with van der Waals surface area (Å²) in [6.45, 7) is 0. The Morgan fingerprint density at radius 3 is 2.67 bits per heavy atom. The standard InChI is InChI=1S/C14H10N4O2S/c19-12(13(20)14-15-17-18-16-14)7-11-6-10(8-21-11)9-4-2-1-3-5-9/h1-6,8H,7H2,(H,15,16,17,18). The van der Waals surface area contributed by atoms with Gasteiger partial charge in [0.25, 0.3) is 5.78 Å². The molecular weight excluding hydrogens is 288 g/mol. The number of benzene rings is 1. The summed E-state index contributed by atoms with van der Waals surface area (Å²) >= 11 is 1.45. The van der Waals surface area contributed by atoms with E-state index in [1.165, 1.54) is 11.3 Å². The fraction of sp³-hybridized carbons (Fsp3) is 0.0714. The topological polar surface area (TPSA) is 88.6 Å². The lowest BCUT2D eigenvalue weighted by Crippen LogP contribution is -2.17. The molecule has 6 nitrogen and oxygen atoms in total. The van der Waals surface area contributed by atoms with Crippen LogP contribution in [0.15, 0.2) is 41.8 Å². The Labute approximate surface area is 123 Å². The summed E-state index contributed by atoms with van der Waals surface area (Å²) in [6.07, 6.45) is 0.0465. The fourth-order valence-corrected chi connectivity index (χ4v) is 2.77. The van der Waals surface area contributed by atoms with Gasteiger partial charge in [0, 0.05) is 11.3 Å². The molecule has 1 aromatic carbocycles. The van der Waals surface area contributed by atoms with Gasteiger partial charge in [-0.25, -0.2) is 0 Å². The summed E-state index contributed by atoms with van der Waals surface area (Å²) in [5.41, 5.74) is 2.12. The van der Waals surface area contributed by atoms with Crippen LogP contribution in [0.1, 0.15) is 15.5 Å². The molecule has 0 aliphatic carbocycles. The highest BCUT2D eigenvalue weighted by molar-refractivity contribution is 7.10. The molecule has 0 atom stereocenters. The summed E-state index contributed by atoms with van der Waals surface area (Å²) in [5.74, 6) is -1.46. The van der Waals surface area contributed by atoms with Gasteiger partial charge < -0.3 is 0 Å². The van der Waals surface area contributed by atoms with Crippen LogP contribution in [0.2, 0.25) is 0 Å². The normalized spacial score (nSPS) is 10.5. The van der Waals surface area contributed by atoms with Crippen LogP contribution in [-0.2, 0) is 11.2 Å². The van der Waals surface area contributed by atoms with Crippen molar-refractivity contribution in [2.24, 2.45) is 0 Å². The quantitative estimate of drug-likeness (QED) is 0.574. The van der Waals surface area contributed by atoms with Gasteiger partial charge in [-0.1, -0.05) is 30.3 Å². The summed E-state index contributed by atoms with van der Waals surface area (Å²) in [4.78, 5) is 24.5. The molecule has 2 heterocycles. The number of H-pyrrole nitrogens is 1. The van der Waals surface area contributed by atoms with Crippen molar-refractivity contribution in [1.82, 2.24) is 20.6 Å². The molecule has 0 aliphatic rings. The number of hydrogen-bond acceptors (Lipinski definition) is 6. The van der Waals surface area contributed by atoms with E-state index in [1.807, 2.05) is 41.8 Å². The van der Waals surface area contributed by atoms with Crippen molar-refractivity contribution in [3.05, 3.63) is 52.5 Å². The number of carbonyl (C=O) groups excluding carboxylic acids is 2. The second-order valence-corrected chi connectivity index (χ2v) is 5.33. The molecule has 0 saturated heterocycles. The van der Waals surface area contributed by atoms with E-state index in [-0.39, 0.29) is 12.2 Å². The lowest BCUT2D eigenvalue weighted by Gasteiger charge is -1.96. The van der Waals surface area contributed by atoms with Crippen LogP contribution in [-0.4, -0.2) is 32.2 Å². The zero-order valence-electron chi connectivity index (χ0n) is 10.8. The molecule has 0 unspecified atom stereocenters. The third-order valence-corrected chi connectivity index (χ3v) is 3.83. The minimum atomic E-state index is -0.724. The highest BCUT2D eigenvalue weighted by Gasteiger charge is 2.21. The Balaban J connectivity index is 1.73. The van der Waals surface area contributed by atoms with Crippen molar-refractivity contribution in [1.29, 1.82) is 0 Å².